The SMILES string of the molecule is Cc1[nH]cc(C(=O)O)c1C(=O)O. The Kier molecular flexibility index (Phi) is 1.86. The van der Waals surface area contributed by atoms with Crippen LogP contribution in [-0.4, -0.2) is 27.1 Å². The lowest BCUT2D eigenvalue weighted by atomic mass is 10.1. The van der Waals surface area contributed by atoms with Gasteiger partial charge in [0.15, 0.2) is 0 Å². The quantitative estimate of drug-likeness (QED) is 0.608. The highest BCUT2D eigenvalue weighted by Crippen LogP contribution is 2.12. The Morgan fingerprint density at radius 3 is 2.25 bits per heavy atom. The van der Waals surface area contributed by atoms with Crippen molar-refractivity contribution in [2.24, 2.45) is 0 Å². The van der Waals surface area contributed by atoms with Gasteiger partial charge >= 0.3 is 11.9 Å². The summed E-state index contributed by atoms with van der Waals surface area (Å²) in [6.45, 7) is 1.51. The summed E-state index contributed by atoms with van der Waals surface area (Å²) in [5.41, 5.74) is -0.0394. The molecular weight excluding hydrogens is 162 g/mol. The summed E-state index contributed by atoms with van der Waals surface area (Å²) >= 11 is 0. The summed E-state index contributed by atoms with van der Waals surface area (Å²) in [5.74, 6) is -2.47. The van der Waals surface area contributed by atoms with E-state index in [0.717, 1.165) is 0 Å². The average Bonchev–Trinajstić information content (AvgIpc) is 2.30. The molecule has 12 heavy (non-hydrogen) atoms. The minimum absolute atomic E-state index is 0.178. The molecule has 0 aliphatic carbocycles. The van der Waals surface area contributed by atoms with Gasteiger partial charge in [-0.2, -0.15) is 0 Å². The molecule has 0 radical (unpaired) electrons. The molecule has 3 N–H and O–H groups in total. The maximum absolute atomic E-state index is 10.5. The summed E-state index contributed by atoms with van der Waals surface area (Å²) in [4.78, 5) is 23.5. The first-order valence-electron chi connectivity index (χ1n) is 3.18. The Hall–Kier alpha value is -1.78. The van der Waals surface area contributed by atoms with Gasteiger partial charge in [-0.25, -0.2) is 9.59 Å². The zero-order valence-electron chi connectivity index (χ0n) is 6.29. The van der Waals surface area contributed by atoms with E-state index in [-0.39, 0.29) is 11.1 Å². The van der Waals surface area contributed by atoms with Gasteiger partial charge in [-0.05, 0) is 6.92 Å². The molecule has 5 heteroatoms. The maximum atomic E-state index is 10.5. The second-order valence-electron chi connectivity index (χ2n) is 2.31. The molecule has 0 atom stereocenters. The standard InChI is InChI=1S/C7H7NO4/c1-3-5(7(11)12)4(2-8-3)6(9)10/h2,8H,1H3,(H,9,10)(H,11,12). The zero-order chi connectivity index (χ0) is 9.30. The normalized spacial score (nSPS) is 9.75. The van der Waals surface area contributed by atoms with Crippen molar-refractivity contribution >= 4 is 11.9 Å². The Bertz CT molecular complexity index is 339. The van der Waals surface area contributed by atoms with Crippen molar-refractivity contribution in [1.82, 2.24) is 4.98 Å². The number of nitrogens with one attached hydrogen (secondary N) is 1. The van der Waals surface area contributed by atoms with Crippen molar-refractivity contribution in [3.63, 3.8) is 0 Å². The molecule has 1 aromatic heterocycles. The van der Waals surface area contributed by atoms with Gasteiger partial charge in [0.2, 0.25) is 0 Å². The van der Waals surface area contributed by atoms with Crippen LogP contribution in [0.15, 0.2) is 6.20 Å². The monoisotopic (exact) mass is 169 g/mol. The lowest BCUT2D eigenvalue weighted by molar-refractivity contribution is 0.0652. The second kappa shape index (κ2) is 2.69. The van der Waals surface area contributed by atoms with Crippen LogP contribution in [0.1, 0.15) is 26.4 Å². The van der Waals surface area contributed by atoms with Crippen molar-refractivity contribution in [1.29, 1.82) is 0 Å². The third-order valence-corrected chi connectivity index (χ3v) is 1.52. The van der Waals surface area contributed by atoms with Crippen LogP contribution in [-0.2, 0) is 0 Å². The Balaban J connectivity index is 3.31. The highest BCUT2D eigenvalue weighted by Gasteiger charge is 2.19. The van der Waals surface area contributed by atoms with Crippen LogP contribution in [0.4, 0.5) is 0 Å². The molecule has 0 spiro atoms. The van der Waals surface area contributed by atoms with Gasteiger partial charge in [0.1, 0.15) is 0 Å². The highest BCUT2D eigenvalue weighted by molar-refractivity contribution is 6.02. The van der Waals surface area contributed by atoms with E-state index < -0.39 is 11.9 Å². The third-order valence-electron chi connectivity index (χ3n) is 1.52. The lowest BCUT2D eigenvalue weighted by Gasteiger charge is -1.93. The molecule has 0 fully saturated rings. The number of carboxylic acids is 2. The third kappa shape index (κ3) is 1.16. The first-order chi connectivity index (χ1) is 5.54. The van der Waals surface area contributed by atoms with Crippen molar-refractivity contribution in [3.8, 4) is 0 Å². The molecule has 0 aliphatic heterocycles. The minimum Gasteiger partial charge on any atom is -0.478 e. The molecule has 64 valence electrons. The minimum atomic E-state index is -1.24. The molecule has 0 amide bonds. The number of aryl methyl sites for hydroxylation is 1. The number of aromatic nitrogens is 1. The number of carboxylic acid groups (broad SMARTS) is 2. The number of aromatic carboxylic acids is 2. The van der Waals surface area contributed by atoms with Crippen LogP contribution in [0.2, 0.25) is 0 Å². The van der Waals surface area contributed by atoms with Crippen molar-refractivity contribution < 1.29 is 19.8 Å². The van der Waals surface area contributed by atoms with Crippen LogP contribution < -0.4 is 0 Å². The fourth-order valence-corrected chi connectivity index (χ4v) is 0.971. The van der Waals surface area contributed by atoms with Gasteiger partial charge in [0.25, 0.3) is 0 Å². The Morgan fingerprint density at radius 2 is 1.92 bits per heavy atom. The predicted octanol–water partition coefficient (Wildman–Crippen LogP) is 0.720. The zero-order valence-corrected chi connectivity index (χ0v) is 6.29. The van der Waals surface area contributed by atoms with Crippen LogP contribution in [0.25, 0.3) is 0 Å². The van der Waals surface area contributed by atoms with E-state index in [1.165, 1.54) is 13.1 Å². The first kappa shape index (κ1) is 8.32. The molecule has 0 saturated heterocycles. The molecule has 1 aromatic rings. The molecule has 1 heterocycles. The molecule has 0 unspecified atom stereocenters. The number of hydrogen-bond donors (Lipinski definition) is 3. The van der Waals surface area contributed by atoms with Gasteiger partial charge in [0, 0.05) is 11.9 Å². The lowest BCUT2D eigenvalue weighted by Crippen LogP contribution is -2.05. The van der Waals surface area contributed by atoms with Gasteiger partial charge in [-0.15, -0.1) is 0 Å². The fourth-order valence-electron chi connectivity index (χ4n) is 0.971. The van der Waals surface area contributed by atoms with Crippen LogP contribution >= 0.6 is 0 Å². The van der Waals surface area contributed by atoms with E-state index in [0.29, 0.717) is 5.69 Å². The molecule has 0 bridgehead atoms. The second-order valence-corrected chi connectivity index (χ2v) is 2.31. The maximum Gasteiger partial charge on any atom is 0.338 e. The smallest absolute Gasteiger partial charge is 0.338 e. The van der Waals surface area contributed by atoms with E-state index in [2.05, 4.69) is 4.98 Å². The summed E-state index contributed by atoms with van der Waals surface area (Å²) in [7, 11) is 0. The number of carbonyl (C=O) groups is 2. The Morgan fingerprint density at radius 1 is 1.33 bits per heavy atom. The molecule has 0 saturated carbocycles. The molecular formula is C7H7NO4. The molecule has 5 nitrogen and oxygen atoms in total. The van der Waals surface area contributed by atoms with Gasteiger partial charge in [-0.3, -0.25) is 0 Å². The first-order valence-corrected chi connectivity index (χ1v) is 3.18. The van der Waals surface area contributed by atoms with Gasteiger partial charge in [-0.1, -0.05) is 0 Å². The topological polar surface area (TPSA) is 90.4 Å². The number of hydrogen-bond acceptors (Lipinski definition) is 2. The molecule has 0 aliphatic rings. The van der Waals surface area contributed by atoms with Crippen LogP contribution in [0, 0.1) is 6.92 Å². The predicted molar refractivity (Wildman–Crippen MR) is 39.4 cm³/mol. The highest BCUT2D eigenvalue weighted by atomic mass is 16.4. The van der Waals surface area contributed by atoms with E-state index >= 15 is 0 Å². The summed E-state index contributed by atoms with van der Waals surface area (Å²) in [6.07, 6.45) is 1.17. The van der Waals surface area contributed by atoms with E-state index in [1.807, 2.05) is 0 Å². The van der Waals surface area contributed by atoms with E-state index in [1.54, 1.807) is 0 Å². The van der Waals surface area contributed by atoms with Crippen molar-refractivity contribution in [2.45, 2.75) is 6.92 Å². The summed E-state index contributed by atoms with van der Waals surface area (Å²) in [6, 6.07) is 0. The van der Waals surface area contributed by atoms with E-state index in [9.17, 15) is 9.59 Å². The van der Waals surface area contributed by atoms with Crippen LogP contribution in [0.5, 0.6) is 0 Å². The number of H-pyrrole nitrogens is 1. The van der Waals surface area contributed by atoms with Crippen LogP contribution in [0.3, 0.4) is 0 Å². The average molecular weight is 169 g/mol. The van der Waals surface area contributed by atoms with Gasteiger partial charge in [0.05, 0.1) is 11.1 Å². The molecule has 1 rings (SSSR count). The fraction of sp³-hybridized carbons (Fsp3) is 0.143. The largest absolute Gasteiger partial charge is 0.478 e. The number of aromatic amines is 1. The Labute approximate surface area is 67.6 Å². The molecule has 0 aromatic carbocycles. The summed E-state index contributed by atoms with van der Waals surface area (Å²) < 4.78 is 0. The van der Waals surface area contributed by atoms with Crippen molar-refractivity contribution in [3.05, 3.63) is 23.0 Å². The van der Waals surface area contributed by atoms with E-state index in [4.69, 9.17) is 10.2 Å². The van der Waals surface area contributed by atoms with Crippen molar-refractivity contribution in [2.75, 3.05) is 0 Å². The summed E-state index contributed by atoms with van der Waals surface area (Å²) in [5, 5.41) is 17.1. The number of rotatable bonds is 2. The van der Waals surface area contributed by atoms with Gasteiger partial charge < -0.3 is 15.2 Å².